The van der Waals surface area contributed by atoms with Crippen LogP contribution >= 0.6 is 23.4 Å². The highest BCUT2D eigenvalue weighted by molar-refractivity contribution is 9.10. The third-order valence-corrected chi connectivity index (χ3v) is 6.57. The lowest BCUT2D eigenvalue weighted by Crippen LogP contribution is -2.45. The molecule has 1 aromatic carbocycles. The van der Waals surface area contributed by atoms with Gasteiger partial charge in [0.15, 0.2) is 11.5 Å². The Morgan fingerprint density at radius 2 is 2.31 bits per heavy atom. The minimum atomic E-state index is -2.88. The number of halogens is 2. The molecule has 3 N–H and O–H groups in total. The van der Waals surface area contributed by atoms with Crippen LogP contribution in [0.4, 0.5) is 15.9 Å². The molecule has 1 aliphatic rings. The van der Waals surface area contributed by atoms with Crippen LogP contribution in [-0.2, 0) is 9.09 Å². The molecule has 1 aromatic heterocycles. The summed E-state index contributed by atoms with van der Waals surface area (Å²) in [6.07, 6.45) is 1.64. The zero-order chi connectivity index (χ0) is 21.0. The van der Waals surface area contributed by atoms with Gasteiger partial charge >= 0.3 is 0 Å². The summed E-state index contributed by atoms with van der Waals surface area (Å²) in [6, 6.07) is 4.08. The zero-order valence-corrected chi connectivity index (χ0v) is 18.3. The lowest BCUT2D eigenvalue weighted by Gasteiger charge is -2.34. The van der Waals surface area contributed by atoms with Gasteiger partial charge in [0.25, 0.3) is 7.52 Å². The Hall–Kier alpha value is -1.85. The molecule has 158 valence electrons. The second-order valence-electron chi connectivity index (χ2n) is 6.55. The van der Waals surface area contributed by atoms with E-state index in [4.69, 9.17) is 9.15 Å². The van der Waals surface area contributed by atoms with Crippen molar-refractivity contribution in [2.24, 2.45) is 4.99 Å². The number of anilines is 1. The number of nitrogens with one attached hydrogen (secondary N) is 2. The second kappa shape index (κ2) is 9.31. The first-order chi connectivity index (χ1) is 13.8. The normalized spacial score (nSPS) is 19.8. The molecule has 0 radical (unpaired) electrons. The van der Waals surface area contributed by atoms with Crippen LogP contribution in [0.2, 0.25) is 0 Å². The van der Waals surface area contributed by atoms with Crippen LogP contribution in [0.1, 0.15) is 18.5 Å². The van der Waals surface area contributed by atoms with Crippen LogP contribution in [0.15, 0.2) is 32.3 Å². The van der Waals surface area contributed by atoms with Gasteiger partial charge in [0, 0.05) is 32.9 Å². The maximum Gasteiger partial charge on any atom is 0.266 e. The molecule has 1 saturated heterocycles. The van der Waals surface area contributed by atoms with Crippen LogP contribution in [-0.4, -0.2) is 54.3 Å². The summed E-state index contributed by atoms with van der Waals surface area (Å²) in [7, 11) is -1.48. The van der Waals surface area contributed by atoms with Gasteiger partial charge in [0.1, 0.15) is 5.82 Å². The molecule has 10 nitrogen and oxygen atoms in total. The fourth-order valence-corrected chi connectivity index (χ4v) is 4.36. The molecule has 29 heavy (non-hydrogen) atoms. The first kappa shape index (κ1) is 21.8. The van der Waals surface area contributed by atoms with Crippen molar-refractivity contribution in [3.8, 4) is 0 Å². The average Bonchev–Trinajstić information content (AvgIpc) is 3.18. The number of aromatic nitrogens is 2. The van der Waals surface area contributed by atoms with E-state index in [1.165, 1.54) is 32.0 Å². The van der Waals surface area contributed by atoms with Crippen molar-refractivity contribution in [3.63, 3.8) is 0 Å². The quantitative estimate of drug-likeness (QED) is 0.242. The van der Waals surface area contributed by atoms with E-state index >= 15 is 0 Å². The molecule has 0 bridgehead atoms. The van der Waals surface area contributed by atoms with Crippen molar-refractivity contribution in [1.29, 1.82) is 0 Å². The Morgan fingerprint density at radius 3 is 3.00 bits per heavy atom. The first-order valence-corrected chi connectivity index (χ1v) is 11.6. The van der Waals surface area contributed by atoms with Gasteiger partial charge in [0.2, 0.25) is 5.82 Å². The summed E-state index contributed by atoms with van der Waals surface area (Å²) >= 11 is 3.10. The highest BCUT2D eigenvalue weighted by Gasteiger charge is 2.29. The number of hydroxylamine groups is 1. The molecule has 13 heteroatoms. The molecule has 3 rings (SSSR count). The molecular weight excluding hydrogens is 470 g/mol. The molecule has 2 heterocycles. The topological polar surface area (TPSA) is 125 Å². The summed E-state index contributed by atoms with van der Waals surface area (Å²) in [5.74, 6) is -0.0587. The number of rotatable bonds is 6. The number of hydrogen-bond donors (Lipinski definition) is 3. The van der Waals surface area contributed by atoms with Gasteiger partial charge in [-0.05, 0) is 57.3 Å². The highest BCUT2D eigenvalue weighted by atomic mass is 79.9. The summed E-state index contributed by atoms with van der Waals surface area (Å²) in [5, 5.41) is 20.4. The fourth-order valence-electron chi connectivity index (χ4n) is 3.01. The number of piperidine rings is 1. The van der Waals surface area contributed by atoms with Crippen LogP contribution < -0.4 is 15.5 Å². The Morgan fingerprint density at radius 1 is 1.52 bits per heavy atom. The predicted octanol–water partition coefficient (Wildman–Crippen LogP) is 3.06. The summed E-state index contributed by atoms with van der Waals surface area (Å²) in [4.78, 5) is 6.16. The molecule has 0 aliphatic carbocycles. The van der Waals surface area contributed by atoms with Crippen molar-refractivity contribution in [1.82, 2.24) is 20.9 Å². The molecule has 2 aromatic rings. The Balaban J connectivity index is 1.84. The van der Waals surface area contributed by atoms with Gasteiger partial charge in [-0.25, -0.2) is 19.1 Å². The largest absolute Gasteiger partial charge is 0.350 e. The van der Waals surface area contributed by atoms with E-state index in [9.17, 15) is 14.2 Å². The monoisotopic (exact) mass is 490 g/mol. The van der Waals surface area contributed by atoms with Gasteiger partial charge < -0.3 is 9.42 Å². The van der Waals surface area contributed by atoms with E-state index in [0.717, 1.165) is 12.8 Å². The molecule has 0 amide bonds. The maximum atomic E-state index is 13.4. The molecule has 0 saturated carbocycles. The van der Waals surface area contributed by atoms with Gasteiger partial charge in [-0.3, -0.25) is 15.3 Å². The van der Waals surface area contributed by atoms with Gasteiger partial charge in [-0.1, -0.05) is 0 Å². The maximum absolute atomic E-state index is 13.4. The number of benzene rings is 1. The van der Waals surface area contributed by atoms with Crippen molar-refractivity contribution in [3.05, 3.63) is 34.2 Å². The van der Waals surface area contributed by atoms with E-state index in [0.29, 0.717) is 24.6 Å². The van der Waals surface area contributed by atoms with Crippen molar-refractivity contribution >= 4 is 40.8 Å². The van der Waals surface area contributed by atoms with Crippen molar-refractivity contribution < 1.29 is 23.3 Å². The summed E-state index contributed by atoms with van der Waals surface area (Å²) in [6.45, 7) is 2.68. The smallest absolute Gasteiger partial charge is 0.266 e. The molecule has 2 atom stereocenters. The first-order valence-electron chi connectivity index (χ1n) is 8.75. The summed E-state index contributed by atoms with van der Waals surface area (Å²) < 4.78 is 35.8. The Kier molecular flexibility index (Phi) is 7.01. The van der Waals surface area contributed by atoms with E-state index in [-0.39, 0.29) is 22.0 Å². The molecular formula is C16H21BrFN6O4P. The minimum Gasteiger partial charge on any atom is -0.350 e. The Bertz CT molecular complexity index is 942. The third kappa shape index (κ3) is 5.40. The average molecular weight is 491 g/mol. The molecule has 1 aliphatic heterocycles. The molecule has 0 spiro atoms. The van der Waals surface area contributed by atoms with E-state index < -0.39 is 13.3 Å². The highest BCUT2D eigenvalue weighted by Crippen LogP contribution is 2.38. The zero-order valence-electron chi connectivity index (χ0n) is 15.8. The fraction of sp³-hybridized carbons (Fsp3) is 0.438. The number of aliphatic imine (C=N–C) groups is 1. The van der Waals surface area contributed by atoms with Crippen LogP contribution in [0.25, 0.3) is 0 Å². The number of hydrogen-bond acceptors (Lipinski definition) is 8. The predicted molar refractivity (Wildman–Crippen MR) is 108 cm³/mol. The van der Waals surface area contributed by atoms with Crippen LogP contribution in [0.5, 0.6) is 0 Å². The SMILES string of the molecule is COP(C)(=O)NC1CCCN(c2nonc2C(=Nc2ccc(F)c(Br)c2)NO)C1. The number of nitrogens with zero attached hydrogens (tertiary/aromatic N) is 4. The standard InChI is InChI=1S/C16H21BrFN6O4P/c1-27-29(2,26)23-11-4-3-7-24(9-11)16-14(21-28-22-16)15(20-25)19-10-5-6-13(18)12(17)8-10/h5-6,8,11,25H,3-4,7,9H2,1-2H3,(H,19,20)(H,23,26). The molecule has 1 fully saturated rings. The van der Waals surface area contributed by atoms with Crippen molar-refractivity contribution in [2.45, 2.75) is 18.9 Å². The van der Waals surface area contributed by atoms with Crippen molar-refractivity contribution in [2.75, 3.05) is 31.8 Å². The minimum absolute atomic E-state index is 0.00658. The van der Waals surface area contributed by atoms with Gasteiger partial charge in [0.05, 0.1) is 10.2 Å². The number of amidine groups is 1. The van der Waals surface area contributed by atoms with Crippen LogP contribution in [0, 0.1) is 5.82 Å². The van der Waals surface area contributed by atoms with Gasteiger partial charge in [-0.15, -0.1) is 0 Å². The molecule has 2 unspecified atom stereocenters. The third-order valence-electron chi connectivity index (χ3n) is 4.43. The van der Waals surface area contributed by atoms with E-state index in [1.54, 1.807) is 0 Å². The van der Waals surface area contributed by atoms with E-state index in [1.807, 2.05) is 10.4 Å². The lowest BCUT2D eigenvalue weighted by atomic mass is 10.1. The van der Waals surface area contributed by atoms with Crippen LogP contribution in [0.3, 0.4) is 0 Å². The Labute approximate surface area is 175 Å². The van der Waals surface area contributed by atoms with Gasteiger partial charge in [-0.2, -0.15) is 0 Å². The second-order valence-corrected chi connectivity index (χ2v) is 9.72. The summed E-state index contributed by atoms with van der Waals surface area (Å²) in [5.41, 5.74) is 2.57. The van der Waals surface area contributed by atoms with E-state index in [2.05, 4.69) is 36.3 Å². The lowest BCUT2D eigenvalue weighted by molar-refractivity contribution is 0.234.